The number of aromatic nitrogens is 1. The maximum absolute atomic E-state index is 12.3. The lowest BCUT2D eigenvalue weighted by Gasteiger charge is -2.23. The van der Waals surface area contributed by atoms with Gasteiger partial charge in [0.15, 0.2) is 0 Å². The van der Waals surface area contributed by atoms with E-state index in [1.165, 1.54) is 0 Å². The van der Waals surface area contributed by atoms with Gasteiger partial charge < -0.3 is 9.88 Å². The molecule has 1 aromatic heterocycles. The molecular formula is C15H21N3O. The molecule has 1 saturated carbocycles. The molecule has 0 atom stereocenters. The Balaban J connectivity index is 1.87. The highest BCUT2D eigenvalue weighted by atomic mass is 16.2. The van der Waals surface area contributed by atoms with Crippen molar-refractivity contribution in [3.63, 3.8) is 0 Å². The molecule has 2 rings (SSSR count). The number of amides is 1. The monoisotopic (exact) mass is 259 g/mol. The first-order chi connectivity index (χ1) is 9.27. The van der Waals surface area contributed by atoms with Gasteiger partial charge in [-0.25, -0.2) is 0 Å². The van der Waals surface area contributed by atoms with Crippen LogP contribution in [0.2, 0.25) is 0 Å². The average molecular weight is 259 g/mol. The molecule has 1 aromatic rings. The van der Waals surface area contributed by atoms with E-state index in [2.05, 4.69) is 11.4 Å². The molecule has 1 amide bonds. The Morgan fingerprint density at radius 3 is 2.42 bits per heavy atom. The number of carbonyl (C=O) groups is 1. The van der Waals surface area contributed by atoms with Crippen molar-refractivity contribution in [3.05, 3.63) is 24.5 Å². The first kappa shape index (κ1) is 13.7. The summed E-state index contributed by atoms with van der Waals surface area (Å²) in [6, 6.07) is 6.21. The molecule has 1 fully saturated rings. The summed E-state index contributed by atoms with van der Waals surface area (Å²) in [5.74, 6) is -0.0796. The summed E-state index contributed by atoms with van der Waals surface area (Å²) in [6.07, 6.45) is 9.60. The molecule has 0 aliphatic heterocycles. The van der Waals surface area contributed by atoms with E-state index in [4.69, 9.17) is 0 Å². The van der Waals surface area contributed by atoms with E-state index in [1.807, 2.05) is 29.1 Å². The van der Waals surface area contributed by atoms with E-state index in [-0.39, 0.29) is 5.91 Å². The van der Waals surface area contributed by atoms with Crippen molar-refractivity contribution in [1.29, 1.82) is 5.26 Å². The van der Waals surface area contributed by atoms with Crippen LogP contribution in [0.3, 0.4) is 0 Å². The third kappa shape index (κ3) is 3.37. The van der Waals surface area contributed by atoms with Gasteiger partial charge in [-0.05, 0) is 25.0 Å². The van der Waals surface area contributed by atoms with Crippen LogP contribution in [0.15, 0.2) is 24.5 Å². The summed E-state index contributed by atoms with van der Waals surface area (Å²) in [6.45, 7) is 1.33. The van der Waals surface area contributed by atoms with Gasteiger partial charge in [0.2, 0.25) is 5.91 Å². The zero-order chi connectivity index (χ0) is 13.6. The number of nitrogens with one attached hydrogen (secondary N) is 1. The smallest absolute Gasteiger partial charge is 0.240 e. The minimum absolute atomic E-state index is 0.0796. The highest BCUT2D eigenvalue weighted by molar-refractivity contribution is 5.85. The Hall–Kier alpha value is -1.76. The summed E-state index contributed by atoms with van der Waals surface area (Å²) >= 11 is 0. The number of nitrogens with zero attached hydrogens (tertiary/aromatic N) is 2. The van der Waals surface area contributed by atoms with E-state index in [0.717, 1.165) is 32.2 Å². The van der Waals surface area contributed by atoms with Crippen molar-refractivity contribution in [2.24, 2.45) is 5.41 Å². The van der Waals surface area contributed by atoms with Crippen molar-refractivity contribution in [2.45, 2.75) is 45.1 Å². The fraction of sp³-hybridized carbons (Fsp3) is 0.600. The number of nitriles is 1. The van der Waals surface area contributed by atoms with Gasteiger partial charge in [0.25, 0.3) is 0 Å². The van der Waals surface area contributed by atoms with Crippen LogP contribution in [0.4, 0.5) is 0 Å². The second-order valence-electron chi connectivity index (χ2n) is 5.28. The molecule has 0 aromatic carbocycles. The second-order valence-corrected chi connectivity index (χ2v) is 5.28. The molecule has 4 heteroatoms. The van der Waals surface area contributed by atoms with Gasteiger partial charge in [0.05, 0.1) is 6.07 Å². The number of hydrogen-bond donors (Lipinski definition) is 1. The van der Waals surface area contributed by atoms with Gasteiger partial charge in [-0.3, -0.25) is 4.79 Å². The minimum atomic E-state index is -0.785. The van der Waals surface area contributed by atoms with Crippen LogP contribution in [-0.4, -0.2) is 17.0 Å². The average Bonchev–Trinajstić information content (AvgIpc) is 2.82. The molecule has 0 unspecified atom stereocenters. The van der Waals surface area contributed by atoms with E-state index in [0.29, 0.717) is 19.4 Å². The summed E-state index contributed by atoms with van der Waals surface area (Å²) < 4.78 is 2.02. The molecule has 19 heavy (non-hydrogen) atoms. The Morgan fingerprint density at radius 1 is 1.21 bits per heavy atom. The first-order valence-corrected chi connectivity index (χ1v) is 7.07. The summed E-state index contributed by atoms with van der Waals surface area (Å²) in [5.41, 5.74) is -0.785. The molecule has 1 N–H and O–H groups in total. The molecule has 0 saturated heterocycles. The van der Waals surface area contributed by atoms with E-state index in [1.54, 1.807) is 0 Å². The Labute approximate surface area is 114 Å². The van der Waals surface area contributed by atoms with Gasteiger partial charge in [-0.1, -0.05) is 25.7 Å². The normalized spacial score (nSPS) is 18.3. The first-order valence-electron chi connectivity index (χ1n) is 7.07. The minimum Gasteiger partial charge on any atom is -0.353 e. The quantitative estimate of drug-likeness (QED) is 0.844. The molecule has 1 aliphatic carbocycles. The van der Waals surface area contributed by atoms with Crippen molar-refractivity contribution < 1.29 is 4.79 Å². The number of rotatable bonds is 4. The van der Waals surface area contributed by atoms with Crippen molar-refractivity contribution >= 4 is 5.91 Å². The maximum atomic E-state index is 12.3. The Bertz CT molecular complexity index is 436. The highest BCUT2D eigenvalue weighted by Crippen LogP contribution is 2.34. The summed E-state index contributed by atoms with van der Waals surface area (Å²) in [7, 11) is 0. The van der Waals surface area contributed by atoms with Gasteiger partial charge in [0, 0.05) is 25.5 Å². The van der Waals surface area contributed by atoms with Gasteiger partial charge in [-0.2, -0.15) is 5.26 Å². The number of hydrogen-bond acceptors (Lipinski definition) is 2. The van der Waals surface area contributed by atoms with Crippen molar-refractivity contribution in [1.82, 2.24) is 9.88 Å². The molecule has 0 spiro atoms. The molecule has 1 heterocycles. The lowest BCUT2D eigenvalue weighted by molar-refractivity contribution is -0.128. The summed E-state index contributed by atoms with van der Waals surface area (Å²) in [4.78, 5) is 12.3. The van der Waals surface area contributed by atoms with Gasteiger partial charge in [-0.15, -0.1) is 0 Å². The fourth-order valence-electron chi connectivity index (χ4n) is 2.71. The van der Waals surface area contributed by atoms with Gasteiger partial charge in [0.1, 0.15) is 5.41 Å². The predicted octanol–water partition coefficient (Wildman–Crippen LogP) is 2.47. The second kappa shape index (κ2) is 6.42. The van der Waals surface area contributed by atoms with Crippen LogP contribution in [0, 0.1) is 16.7 Å². The highest BCUT2D eigenvalue weighted by Gasteiger charge is 2.38. The zero-order valence-electron chi connectivity index (χ0n) is 11.3. The van der Waals surface area contributed by atoms with Crippen LogP contribution >= 0.6 is 0 Å². The molecule has 4 nitrogen and oxygen atoms in total. The van der Waals surface area contributed by atoms with Crippen molar-refractivity contribution in [3.8, 4) is 6.07 Å². The van der Waals surface area contributed by atoms with Crippen LogP contribution < -0.4 is 5.32 Å². The number of carbonyl (C=O) groups excluding carboxylic acids is 1. The maximum Gasteiger partial charge on any atom is 0.240 e. The molecule has 0 bridgehead atoms. The lowest BCUT2D eigenvalue weighted by Crippen LogP contribution is -2.41. The zero-order valence-corrected chi connectivity index (χ0v) is 11.3. The van der Waals surface area contributed by atoms with E-state index < -0.39 is 5.41 Å². The summed E-state index contributed by atoms with van der Waals surface area (Å²) in [5, 5.41) is 12.3. The Kier molecular flexibility index (Phi) is 4.62. The van der Waals surface area contributed by atoms with Crippen LogP contribution in [0.5, 0.6) is 0 Å². The van der Waals surface area contributed by atoms with Crippen LogP contribution in [0.25, 0.3) is 0 Å². The van der Waals surface area contributed by atoms with E-state index >= 15 is 0 Å². The van der Waals surface area contributed by atoms with E-state index in [9.17, 15) is 10.1 Å². The third-order valence-corrected chi connectivity index (χ3v) is 3.93. The third-order valence-electron chi connectivity index (χ3n) is 3.93. The topological polar surface area (TPSA) is 57.8 Å². The molecular weight excluding hydrogens is 238 g/mol. The molecule has 102 valence electrons. The van der Waals surface area contributed by atoms with Crippen molar-refractivity contribution in [2.75, 3.05) is 6.54 Å². The Morgan fingerprint density at radius 2 is 1.84 bits per heavy atom. The SMILES string of the molecule is N#CC1(C(=O)NCCn2cccc2)CCCCCC1. The lowest BCUT2D eigenvalue weighted by atomic mass is 9.81. The predicted molar refractivity (Wildman–Crippen MR) is 73.2 cm³/mol. The van der Waals surface area contributed by atoms with Crippen LogP contribution in [-0.2, 0) is 11.3 Å². The standard InChI is InChI=1S/C15H21N3O/c16-13-15(7-3-1-2-4-8-15)14(19)17-9-12-18-10-5-6-11-18/h5-6,10-11H,1-4,7-9,12H2,(H,17,19). The van der Waals surface area contributed by atoms with Gasteiger partial charge >= 0.3 is 0 Å². The molecule has 0 radical (unpaired) electrons. The van der Waals surface area contributed by atoms with Crippen LogP contribution in [0.1, 0.15) is 38.5 Å². The molecule has 1 aliphatic rings. The fourth-order valence-corrected chi connectivity index (χ4v) is 2.71. The largest absolute Gasteiger partial charge is 0.353 e.